The molecule has 1 aromatic carbocycles. The van der Waals surface area contributed by atoms with Crippen LogP contribution < -0.4 is 5.32 Å². The number of nitrogens with zero attached hydrogens (tertiary/aromatic N) is 1. The van der Waals surface area contributed by atoms with Crippen molar-refractivity contribution in [2.75, 3.05) is 12.8 Å². The number of nitrogens with one attached hydrogen (secondary N) is 1. The molecule has 17 heavy (non-hydrogen) atoms. The van der Waals surface area contributed by atoms with Crippen LogP contribution in [0.2, 0.25) is 0 Å². The fourth-order valence-corrected chi connectivity index (χ4v) is 3.68. The summed E-state index contributed by atoms with van der Waals surface area (Å²) in [7, 11) is 0. The van der Waals surface area contributed by atoms with E-state index >= 15 is 0 Å². The van der Waals surface area contributed by atoms with E-state index in [-0.39, 0.29) is 0 Å². The van der Waals surface area contributed by atoms with Gasteiger partial charge in [0.25, 0.3) is 0 Å². The summed E-state index contributed by atoms with van der Waals surface area (Å²) in [6.45, 7) is 2.02. The Labute approximate surface area is 110 Å². The summed E-state index contributed by atoms with van der Waals surface area (Å²) >= 11 is 3.79. The molecule has 2 nitrogen and oxygen atoms in total. The third kappa shape index (κ3) is 2.49. The van der Waals surface area contributed by atoms with Crippen LogP contribution in [0, 0.1) is 0 Å². The lowest BCUT2D eigenvalue weighted by atomic mass is 10.3. The number of fused-ring (bicyclic) bond motifs is 1. The van der Waals surface area contributed by atoms with Gasteiger partial charge in [-0.05, 0) is 31.2 Å². The number of hydrogen-bond donors (Lipinski definition) is 1. The zero-order valence-corrected chi connectivity index (χ0v) is 11.5. The summed E-state index contributed by atoms with van der Waals surface area (Å²) in [6.07, 6.45) is 4.94. The molecule has 90 valence electrons. The lowest BCUT2D eigenvalue weighted by Gasteiger charge is -2.11. The summed E-state index contributed by atoms with van der Waals surface area (Å²) in [6, 6.07) is 8.34. The topological polar surface area (TPSA) is 24.9 Å². The van der Waals surface area contributed by atoms with Crippen LogP contribution in [0.15, 0.2) is 24.3 Å². The van der Waals surface area contributed by atoms with Crippen molar-refractivity contribution in [2.45, 2.75) is 24.1 Å². The Morgan fingerprint density at radius 2 is 2.24 bits per heavy atom. The van der Waals surface area contributed by atoms with Crippen molar-refractivity contribution >= 4 is 33.3 Å². The van der Waals surface area contributed by atoms with E-state index in [2.05, 4.69) is 34.8 Å². The van der Waals surface area contributed by atoms with Crippen LogP contribution in [0.3, 0.4) is 0 Å². The Balaban J connectivity index is 1.61. The molecule has 4 heteroatoms. The average Bonchev–Trinajstić information content (AvgIpc) is 3.01. The minimum atomic E-state index is 0.538. The van der Waals surface area contributed by atoms with Crippen LogP contribution in [-0.2, 0) is 6.54 Å². The zero-order valence-electron chi connectivity index (χ0n) is 9.90. The van der Waals surface area contributed by atoms with Gasteiger partial charge in [-0.3, -0.25) is 0 Å². The van der Waals surface area contributed by atoms with Gasteiger partial charge in [0.2, 0.25) is 0 Å². The monoisotopic (exact) mass is 264 g/mol. The average molecular weight is 264 g/mol. The summed E-state index contributed by atoms with van der Waals surface area (Å²) in [5.41, 5.74) is 1.13. The minimum Gasteiger partial charge on any atom is -0.309 e. The molecule has 1 aliphatic rings. The Bertz CT molecular complexity index is 484. The van der Waals surface area contributed by atoms with E-state index in [4.69, 9.17) is 0 Å². The van der Waals surface area contributed by atoms with E-state index in [1.807, 2.05) is 17.8 Å². The first-order valence-corrected chi connectivity index (χ1v) is 7.96. The molecule has 0 spiro atoms. The fraction of sp³-hybridized carbons (Fsp3) is 0.462. The molecule has 0 aliphatic heterocycles. The van der Waals surface area contributed by atoms with Gasteiger partial charge < -0.3 is 5.32 Å². The van der Waals surface area contributed by atoms with Gasteiger partial charge in [-0.1, -0.05) is 12.1 Å². The maximum Gasteiger partial charge on any atom is 0.108 e. The summed E-state index contributed by atoms with van der Waals surface area (Å²) < 4.78 is 1.83. The van der Waals surface area contributed by atoms with E-state index in [1.165, 1.54) is 22.5 Å². The third-order valence-corrected chi connectivity index (χ3v) is 5.76. The van der Waals surface area contributed by atoms with Crippen LogP contribution in [0.4, 0.5) is 0 Å². The second-order valence-corrected chi connectivity index (χ2v) is 6.96. The van der Waals surface area contributed by atoms with Gasteiger partial charge >= 0.3 is 0 Å². The Kier molecular flexibility index (Phi) is 3.11. The van der Waals surface area contributed by atoms with E-state index in [0.29, 0.717) is 4.75 Å². The van der Waals surface area contributed by atoms with Gasteiger partial charge in [0.1, 0.15) is 5.01 Å². The lowest BCUT2D eigenvalue weighted by molar-refractivity contribution is 0.661. The highest BCUT2D eigenvalue weighted by atomic mass is 32.2. The minimum absolute atomic E-state index is 0.538. The fourth-order valence-electron chi connectivity index (χ4n) is 1.99. The zero-order chi connectivity index (χ0) is 11.7. The number of thioether (sulfide) groups is 1. The first-order valence-electron chi connectivity index (χ1n) is 5.92. The Hall–Kier alpha value is -0.580. The largest absolute Gasteiger partial charge is 0.309 e. The number of rotatable bonds is 5. The number of thiazole rings is 1. The van der Waals surface area contributed by atoms with Crippen molar-refractivity contribution in [3.05, 3.63) is 29.3 Å². The lowest BCUT2D eigenvalue weighted by Crippen LogP contribution is -2.25. The Morgan fingerprint density at radius 1 is 1.41 bits per heavy atom. The smallest absolute Gasteiger partial charge is 0.108 e. The van der Waals surface area contributed by atoms with Crippen LogP contribution in [0.5, 0.6) is 0 Å². The van der Waals surface area contributed by atoms with Crippen molar-refractivity contribution in [1.82, 2.24) is 10.3 Å². The predicted molar refractivity (Wildman–Crippen MR) is 76.8 cm³/mol. The molecule has 0 atom stereocenters. The quantitative estimate of drug-likeness (QED) is 0.897. The molecule has 0 bridgehead atoms. The molecule has 0 amide bonds. The van der Waals surface area contributed by atoms with Gasteiger partial charge in [-0.2, -0.15) is 11.8 Å². The van der Waals surface area contributed by atoms with E-state index < -0.39 is 0 Å². The van der Waals surface area contributed by atoms with E-state index in [9.17, 15) is 0 Å². The molecular formula is C13H16N2S2. The van der Waals surface area contributed by atoms with Crippen LogP contribution >= 0.6 is 23.1 Å². The van der Waals surface area contributed by atoms with Crippen LogP contribution in [0.25, 0.3) is 10.2 Å². The third-order valence-electron chi connectivity index (χ3n) is 3.30. The first-order chi connectivity index (χ1) is 8.31. The van der Waals surface area contributed by atoms with Crippen molar-refractivity contribution in [3.8, 4) is 0 Å². The van der Waals surface area contributed by atoms with Gasteiger partial charge in [0, 0.05) is 17.8 Å². The SMILES string of the molecule is CSC1(CNCc2nc3ccccc3s2)CC1. The summed E-state index contributed by atoms with van der Waals surface area (Å²) in [5.74, 6) is 0. The molecule has 3 rings (SSSR count). The van der Waals surface area contributed by atoms with Crippen molar-refractivity contribution < 1.29 is 0 Å². The number of aromatic nitrogens is 1. The number of benzene rings is 1. The van der Waals surface area contributed by atoms with Gasteiger partial charge in [-0.15, -0.1) is 11.3 Å². The maximum absolute atomic E-state index is 4.63. The summed E-state index contributed by atoms with van der Waals surface area (Å²) in [5, 5.41) is 4.74. The highest BCUT2D eigenvalue weighted by molar-refractivity contribution is 8.00. The number of para-hydroxylation sites is 1. The maximum atomic E-state index is 4.63. The summed E-state index contributed by atoms with van der Waals surface area (Å²) in [4.78, 5) is 4.63. The van der Waals surface area contributed by atoms with Gasteiger partial charge in [0.15, 0.2) is 0 Å². The molecule has 1 aromatic heterocycles. The molecule has 0 unspecified atom stereocenters. The van der Waals surface area contributed by atoms with E-state index in [1.54, 1.807) is 11.3 Å². The van der Waals surface area contributed by atoms with Crippen LogP contribution in [0.1, 0.15) is 17.8 Å². The van der Waals surface area contributed by atoms with Gasteiger partial charge in [-0.25, -0.2) is 4.98 Å². The second kappa shape index (κ2) is 4.59. The normalized spacial score (nSPS) is 17.5. The molecule has 1 N–H and O–H groups in total. The van der Waals surface area contributed by atoms with Crippen LogP contribution in [-0.4, -0.2) is 22.5 Å². The molecular weight excluding hydrogens is 248 g/mol. The molecule has 1 saturated carbocycles. The Morgan fingerprint density at radius 3 is 2.94 bits per heavy atom. The predicted octanol–water partition coefficient (Wildman–Crippen LogP) is 3.28. The van der Waals surface area contributed by atoms with Gasteiger partial charge in [0.05, 0.1) is 10.2 Å². The molecule has 1 fully saturated rings. The van der Waals surface area contributed by atoms with Crippen molar-refractivity contribution in [1.29, 1.82) is 0 Å². The molecule has 0 saturated heterocycles. The highest BCUT2D eigenvalue weighted by Crippen LogP contribution is 2.46. The molecule has 0 radical (unpaired) electrons. The molecule has 2 aromatic rings. The van der Waals surface area contributed by atoms with E-state index in [0.717, 1.165) is 18.6 Å². The second-order valence-electron chi connectivity index (χ2n) is 4.57. The molecule has 1 heterocycles. The number of hydrogen-bond acceptors (Lipinski definition) is 4. The van der Waals surface area contributed by atoms with Crippen molar-refractivity contribution in [3.63, 3.8) is 0 Å². The molecule has 1 aliphatic carbocycles. The standard InChI is InChI=1S/C13H16N2S2/c1-16-13(6-7-13)9-14-8-12-15-10-4-2-3-5-11(10)17-12/h2-5,14H,6-9H2,1H3. The van der Waals surface area contributed by atoms with Crippen molar-refractivity contribution in [2.24, 2.45) is 0 Å². The highest BCUT2D eigenvalue weighted by Gasteiger charge is 2.41. The first kappa shape index (κ1) is 11.5.